The van der Waals surface area contributed by atoms with Gasteiger partial charge in [-0.3, -0.25) is 9.59 Å². The van der Waals surface area contributed by atoms with E-state index in [4.69, 9.17) is 21.1 Å². The molecular weight excluding hydrogens is 258 g/mol. The fraction of sp³-hybridized carbons (Fsp3) is 0.333. The summed E-state index contributed by atoms with van der Waals surface area (Å²) < 4.78 is 10.1. The van der Waals surface area contributed by atoms with Crippen LogP contribution in [0.1, 0.15) is 6.42 Å². The van der Waals surface area contributed by atoms with Gasteiger partial charge in [0.05, 0.1) is 32.2 Å². The molecule has 0 aliphatic heterocycles. The highest BCUT2D eigenvalue weighted by Gasteiger charge is 2.12. The van der Waals surface area contributed by atoms with Crippen molar-refractivity contribution in [1.82, 2.24) is 0 Å². The minimum Gasteiger partial charge on any atom is -0.497 e. The Labute approximate surface area is 110 Å². The molecule has 18 heavy (non-hydrogen) atoms. The number of amides is 1. The SMILES string of the molecule is COc1ccc(OC)c(NC(=O)CC(=O)CCl)c1. The average molecular weight is 272 g/mol. The average Bonchev–Trinajstić information content (AvgIpc) is 2.38. The third kappa shape index (κ3) is 3.92. The zero-order valence-electron chi connectivity index (χ0n) is 10.2. The number of ether oxygens (including phenoxy) is 2. The molecule has 5 nitrogen and oxygen atoms in total. The molecule has 1 rings (SSSR count). The molecule has 0 saturated carbocycles. The second kappa shape index (κ2) is 6.86. The molecule has 0 radical (unpaired) electrons. The fourth-order valence-corrected chi connectivity index (χ4v) is 1.43. The summed E-state index contributed by atoms with van der Waals surface area (Å²) in [6.07, 6.45) is -0.260. The highest BCUT2D eigenvalue weighted by molar-refractivity contribution is 6.29. The number of benzene rings is 1. The summed E-state index contributed by atoms with van der Waals surface area (Å²) in [6.45, 7) is 0. The third-order valence-corrected chi connectivity index (χ3v) is 2.49. The monoisotopic (exact) mass is 271 g/mol. The molecule has 98 valence electrons. The molecule has 0 heterocycles. The van der Waals surface area contributed by atoms with E-state index in [9.17, 15) is 9.59 Å². The maximum Gasteiger partial charge on any atom is 0.231 e. The highest BCUT2D eigenvalue weighted by Crippen LogP contribution is 2.28. The van der Waals surface area contributed by atoms with Crippen LogP contribution >= 0.6 is 11.6 Å². The maximum absolute atomic E-state index is 11.6. The van der Waals surface area contributed by atoms with Crippen LogP contribution in [0.5, 0.6) is 11.5 Å². The van der Waals surface area contributed by atoms with E-state index >= 15 is 0 Å². The van der Waals surface area contributed by atoms with E-state index in [0.29, 0.717) is 17.2 Å². The number of ketones is 1. The zero-order valence-corrected chi connectivity index (χ0v) is 10.9. The van der Waals surface area contributed by atoms with Crippen molar-refractivity contribution in [1.29, 1.82) is 0 Å². The Balaban J connectivity index is 2.81. The first-order valence-electron chi connectivity index (χ1n) is 5.20. The second-order valence-corrected chi connectivity index (χ2v) is 3.73. The van der Waals surface area contributed by atoms with Crippen LogP contribution in [0.15, 0.2) is 18.2 Å². The van der Waals surface area contributed by atoms with Crippen LogP contribution in [-0.4, -0.2) is 31.8 Å². The Kier molecular flexibility index (Phi) is 5.45. The van der Waals surface area contributed by atoms with E-state index in [-0.39, 0.29) is 18.1 Å². The first kappa shape index (κ1) is 14.3. The minimum absolute atomic E-state index is 0.178. The smallest absolute Gasteiger partial charge is 0.231 e. The lowest BCUT2D eigenvalue weighted by molar-refractivity contribution is -0.124. The number of carbonyl (C=O) groups is 2. The van der Waals surface area contributed by atoms with Crippen molar-refractivity contribution in [2.24, 2.45) is 0 Å². The molecule has 1 N–H and O–H groups in total. The molecule has 0 spiro atoms. The molecule has 1 aromatic rings. The number of nitrogens with one attached hydrogen (secondary N) is 1. The van der Waals surface area contributed by atoms with Gasteiger partial charge in [0.25, 0.3) is 0 Å². The van der Waals surface area contributed by atoms with Gasteiger partial charge < -0.3 is 14.8 Å². The Morgan fingerprint density at radius 2 is 2.00 bits per heavy atom. The molecule has 1 aromatic carbocycles. The lowest BCUT2D eigenvalue weighted by Crippen LogP contribution is -2.17. The number of halogens is 1. The number of Topliss-reactive ketones (excluding diaryl/α,β-unsaturated/α-hetero) is 1. The number of anilines is 1. The van der Waals surface area contributed by atoms with Gasteiger partial charge in [-0.15, -0.1) is 11.6 Å². The predicted molar refractivity (Wildman–Crippen MR) is 68.5 cm³/mol. The van der Waals surface area contributed by atoms with Gasteiger partial charge in [0.15, 0.2) is 5.78 Å². The van der Waals surface area contributed by atoms with Crippen molar-refractivity contribution in [3.8, 4) is 11.5 Å². The summed E-state index contributed by atoms with van der Waals surface area (Å²) in [6, 6.07) is 4.98. The number of carbonyl (C=O) groups excluding carboxylic acids is 2. The van der Waals surface area contributed by atoms with E-state index in [0.717, 1.165) is 0 Å². The van der Waals surface area contributed by atoms with Crippen LogP contribution in [0.2, 0.25) is 0 Å². The van der Waals surface area contributed by atoms with Gasteiger partial charge in [-0.25, -0.2) is 0 Å². The molecular formula is C12H14ClNO4. The largest absolute Gasteiger partial charge is 0.497 e. The third-order valence-electron chi connectivity index (χ3n) is 2.19. The Hall–Kier alpha value is -1.75. The first-order chi connectivity index (χ1) is 8.60. The second-order valence-electron chi connectivity index (χ2n) is 3.46. The molecule has 0 aliphatic carbocycles. The molecule has 0 atom stereocenters. The van der Waals surface area contributed by atoms with Crippen molar-refractivity contribution >= 4 is 29.0 Å². The Bertz CT molecular complexity index is 448. The normalized spacial score (nSPS) is 9.72. The number of methoxy groups -OCH3 is 2. The maximum atomic E-state index is 11.6. The van der Waals surface area contributed by atoms with Crippen LogP contribution in [0.4, 0.5) is 5.69 Å². The van der Waals surface area contributed by atoms with E-state index < -0.39 is 5.91 Å². The van der Waals surface area contributed by atoms with Crippen molar-refractivity contribution in [3.63, 3.8) is 0 Å². The van der Waals surface area contributed by atoms with Crippen molar-refractivity contribution < 1.29 is 19.1 Å². The van der Waals surface area contributed by atoms with Gasteiger partial charge in [0, 0.05) is 6.07 Å². The van der Waals surface area contributed by atoms with Gasteiger partial charge >= 0.3 is 0 Å². The molecule has 0 aliphatic rings. The van der Waals surface area contributed by atoms with Gasteiger partial charge in [0.1, 0.15) is 11.5 Å². The van der Waals surface area contributed by atoms with Gasteiger partial charge in [-0.1, -0.05) is 0 Å². The van der Waals surface area contributed by atoms with Gasteiger partial charge in [-0.2, -0.15) is 0 Å². The molecule has 1 amide bonds. The van der Waals surface area contributed by atoms with Crippen LogP contribution < -0.4 is 14.8 Å². The van der Waals surface area contributed by atoms with Gasteiger partial charge in [0.2, 0.25) is 5.91 Å². The van der Waals surface area contributed by atoms with Crippen LogP contribution in [-0.2, 0) is 9.59 Å². The quantitative estimate of drug-likeness (QED) is 0.633. The molecule has 6 heteroatoms. The lowest BCUT2D eigenvalue weighted by atomic mass is 10.2. The molecule has 0 fully saturated rings. The molecule has 0 bridgehead atoms. The van der Waals surface area contributed by atoms with E-state index in [2.05, 4.69) is 5.32 Å². The standard InChI is InChI=1S/C12H14ClNO4/c1-17-9-3-4-11(18-2)10(6-9)14-12(16)5-8(15)7-13/h3-4,6H,5,7H2,1-2H3,(H,14,16). The first-order valence-corrected chi connectivity index (χ1v) is 5.73. The molecule has 0 aromatic heterocycles. The number of hydrogen-bond acceptors (Lipinski definition) is 4. The van der Waals surface area contributed by atoms with Crippen molar-refractivity contribution in [3.05, 3.63) is 18.2 Å². The van der Waals surface area contributed by atoms with Crippen LogP contribution in [0.25, 0.3) is 0 Å². The Morgan fingerprint density at radius 3 is 2.56 bits per heavy atom. The van der Waals surface area contributed by atoms with Crippen molar-refractivity contribution in [2.75, 3.05) is 25.4 Å². The van der Waals surface area contributed by atoms with E-state index in [1.165, 1.54) is 14.2 Å². The molecule has 0 unspecified atom stereocenters. The number of hydrogen-bond donors (Lipinski definition) is 1. The Morgan fingerprint density at radius 1 is 1.28 bits per heavy atom. The summed E-state index contributed by atoms with van der Waals surface area (Å²) in [5, 5.41) is 2.58. The summed E-state index contributed by atoms with van der Waals surface area (Å²) in [4.78, 5) is 22.6. The summed E-state index contributed by atoms with van der Waals surface area (Å²) in [5.41, 5.74) is 0.448. The van der Waals surface area contributed by atoms with Crippen LogP contribution in [0.3, 0.4) is 0 Å². The number of alkyl halides is 1. The lowest BCUT2D eigenvalue weighted by Gasteiger charge is -2.11. The highest BCUT2D eigenvalue weighted by atomic mass is 35.5. The summed E-state index contributed by atoms with van der Waals surface area (Å²) in [7, 11) is 3.01. The van der Waals surface area contributed by atoms with Crippen LogP contribution in [0, 0.1) is 0 Å². The summed E-state index contributed by atoms with van der Waals surface area (Å²) >= 11 is 5.33. The zero-order chi connectivity index (χ0) is 13.5. The topological polar surface area (TPSA) is 64.6 Å². The fourth-order valence-electron chi connectivity index (χ4n) is 1.33. The number of rotatable bonds is 6. The molecule has 0 saturated heterocycles. The van der Waals surface area contributed by atoms with Gasteiger partial charge in [-0.05, 0) is 12.1 Å². The summed E-state index contributed by atoms with van der Waals surface area (Å²) in [5.74, 6) is 0.114. The van der Waals surface area contributed by atoms with Crippen molar-refractivity contribution in [2.45, 2.75) is 6.42 Å². The minimum atomic E-state index is -0.438. The predicted octanol–water partition coefficient (Wildman–Crippen LogP) is 1.84. The van der Waals surface area contributed by atoms with E-state index in [1.807, 2.05) is 0 Å². The van der Waals surface area contributed by atoms with E-state index in [1.54, 1.807) is 18.2 Å².